The Morgan fingerprint density at radius 2 is 2.00 bits per heavy atom. The summed E-state index contributed by atoms with van der Waals surface area (Å²) in [5, 5.41) is 17.3. The molecule has 0 bridgehead atoms. The SMILES string of the molecule is Cc1ccc(-c2nnc(C3CCN(c4ccc(C#N)cn4)C3)o2)cc1. The van der Waals surface area contributed by atoms with Crippen LogP contribution in [0.4, 0.5) is 5.82 Å². The Kier molecular flexibility index (Phi) is 3.90. The third-order valence-electron chi connectivity index (χ3n) is 4.48. The summed E-state index contributed by atoms with van der Waals surface area (Å²) in [6.07, 6.45) is 2.54. The number of aryl methyl sites for hydroxylation is 1. The molecule has 4 rings (SSSR count). The minimum Gasteiger partial charge on any atom is -0.420 e. The maximum Gasteiger partial charge on any atom is 0.247 e. The molecule has 1 unspecified atom stereocenters. The number of hydrogen-bond donors (Lipinski definition) is 0. The molecule has 124 valence electrons. The molecule has 6 nitrogen and oxygen atoms in total. The van der Waals surface area contributed by atoms with Crippen molar-refractivity contribution in [3.05, 3.63) is 59.6 Å². The van der Waals surface area contributed by atoms with Gasteiger partial charge in [0.1, 0.15) is 11.9 Å². The topological polar surface area (TPSA) is 78.8 Å². The highest BCUT2D eigenvalue weighted by atomic mass is 16.4. The number of hydrogen-bond acceptors (Lipinski definition) is 6. The largest absolute Gasteiger partial charge is 0.420 e. The molecule has 0 radical (unpaired) electrons. The van der Waals surface area contributed by atoms with Gasteiger partial charge < -0.3 is 9.32 Å². The molecule has 1 aromatic carbocycles. The summed E-state index contributed by atoms with van der Waals surface area (Å²) in [5.74, 6) is 2.31. The van der Waals surface area contributed by atoms with Crippen molar-refractivity contribution in [3.8, 4) is 17.5 Å². The van der Waals surface area contributed by atoms with Crippen LogP contribution >= 0.6 is 0 Å². The molecule has 25 heavy (non-hydrogen) atoms. The van der Waals surface area contributed by atoms with Crippen molar-refractivity contribution >= 4 is 5.82 Å². The van der Waals surface area contributed by atoms with Crippen LogP contribution in [-0.4, -0.2) is 28.3 Å². The zero-order valence-electron chi connectivity index (χ0n) is 13.9. The van der Waals surface area contributed by atoms with E-state index < -0.39 is 0 Å². The monoisotopic (exact) mass is 331 g/mol. The zero-order chi connectivity index (χ0) is 17.2. The van der Waals surface area contributed by atoms with E-state index in [0.29, 0.717) is 17.3 Å². The molecular formula is C19H17N5O. The summed E-state index contributed by atoms with van der Waals surface area (Å²) in [6.45, 7) is 3.72. The number of benzene rings is 1. The van der Waals surface area contributed by atoms with Crippen molar-refractivity contribution in [1.82, 2.24) is 15.2 Å². The maximum atomic E-state index is 8.86. The van der Waals surface area contributed by atoms with Crippen molar-refractivity contribution in [2.45, 2.75) is 19.3 Å². The Balaban J connectivity index is 1.48. The van der Waals surface area contributed by atoms with E-state index in [-0.39, 0.29) is 5.92 Å². The Morgan fingerprint density at radius 3 is 2.72 bits per heavy atom. The summed E-state index contributed by atoms with van der Waals surface area (Å²) in [7, 11) is 0. The second-order valence-electron chi connectivity index (χ2n) is 6.26. The maximum absolute atomic E-state index is 8.86. The van der Waals surface area contributed by atoms with E-state index in [1.165, 1.54) is 5.56 Å². The highest BCUT2D eigenvalue weighted by molar-refractivity contribution is 5.53. The Bertz CT molecular complexity index is 908. The molecule has 6 heteroatoms. The molecule has 3 heterocycles. The Labute approximate surface area is 145 Å². The molecular weight excluding hydrogens is 314 g/mol. The molecule has 1 aliphatic rings. The number of anilines is 1. The third kappa shape index (κ3) is 3.09. The normalized spacial score (nSPS) is 16.8. The number of nitrogens with zero attached hydrogens (tertiary/aromatic N) is 5. The van der Waals surface area contributed by atoms with Gasteiger partial charge in [-0.3, -0.25) is 0 Å². The predicted molar refractivity (Wildman–Crippen MR) is 93.0 cm³/mol. The molecule has 2 aromatic heterocycles. The quantitative estimate of drug-likeness (QED) is 0.732. The number of pyridine rings is 1. The van der Waals surface area contributed by atoms with Crippen LogP contribution in [0.1, 0.15) is 29.4 Å². The second-order valence-corrected chi connectivity index (χ2v) is 6.26. The van der Waals surface area contributed by atoms with Crippen LogP contribution in [0.5, 0.6) is 0 Å². The van der Waals surface area contributed by atoms with E-state index in [1.54, 1.807) is 12.3 Å². The highest BCUT2D eigenvalue weighted by Gasteiger charge is 2.29. The lowest BCUT2D eigenvalue weighted by Crippen LogP contribution is -2.20. The van der Waals surface area contributed by atoms with Gasteiger partial charge in [0.2, 0.25) is 11.8 Å². The van der Waals surface area contributed by atoms with Gasteiger partial charge >= 0.3 is 0 Å². The van der Waals surface area contributed by atoms with Crippen LogP contribution in [0.25, 0.3) is 11.5 Å². The Hall–Kier alpha value is -3.20. The van der Waals surface area contributed by atoms with E-state index in [4.69, 9.17) is 9.68 Å². The van der Waals surface area contributed by atoms with Crippen LogP contribution in [0.2, 0.25) is 0 Å². The molecule has 1 saturated heterocycles. The smallest absolute Gasteiger partial charge is 0.247 e. The standard InChI is InChI=1S/C19H17N5O/c1-13-2-5-15(6-3-13)18-22-23-19(25-18)16-8-9-24(12-16)17-7-4-14(10-20)11-21-17/h2-7,11,16H,8-9,12H2,1H3. The lowest BCUT2D eigenvalue weighted by atomic mass is 10.1. The molecule has 0 aliphatic carbocycles. The van der Waals surface area contributed by atoms with Gasteiger partial charge in [-0.25, -0.2) is 4.98 Å². The molecule has 0 saturated carbocycles. The van der Waals surface area contributed by atoms with Crippen molar-refractivity contribution in [2.24, 2.45) is 0 Å². The second kappa shape index (κ2) is 6.36. The van der Waals surface area contributed by atoms with E-state index in [9.17, 15) is 0 Å². The van der Waals surface area contributed by atoms with E-state index in [0.717, 1.165) is 30.9 Å². The van der Waals surface area contributed by atoms with Gasteiger partial charge in [0, 0.05) is 24.8 Å². The van der Waals surface area contributed by atoms with Crippen molar-refractivity contribution in [3.63, 3.8) is 0 Å². The van der Waals surface area contributed by atoms with Gasteiger partial charge in [0.25, 0.3) is 0 Å². The number of aromatic nitrogens is 3. The van der Waals surface area contributed by atoms with Gasteiger partial charge in [-0.05, 0) is 37.6 Å². The van der Waals surface area contributed by atoms with Crippen molar-refractivity contribution in [1.29, 1.82) is 5.26 Å². The molecule has 0 N–H and O–H groups in total. The summed E-state index contributed by atoms with van der Waals surface area (Å²) in [4.78, 5) is 6.54. The summed E-state index contributed by atoms with van der Waals surface area (Å²) in [6, 6.07) is 13.8. The summed E-state index contributed by atoms with van der Waals surface area (Å²) in [5.41, 5.74) is 2.71. The molecule has 1 aliphatic heterocycles. The van der Waals surface area contributed by atoms with Crippen molar-refractivity contribution in [2.75, 3.05) is 18.0 Å². The number of nitriles is 1. The van der Waals surface area contributed by atoms with Gasteiger partial charge in [0.15, 0.2) is 0 Å². The average molecular weight is 331 g/mol. The molecule has 1 fully saturated rings. The first-order valence-electron chi connectivity index (χ1n) is 8.24. The predicted octanol–water partition coefficient (Wildman–Crippen LogP) is 3.31. The zero-order valence-corrected chi connectivity index (χ0v) is 13.9. The Morgan fingerprint density at radius 1 is 1.16 bits per heavy atom. The van der Waals surface area contributed by atoms with E-state index >= 15 is 0 Å². The van der Waals surface area contributed by atoms with Crippen LogP contribution in [-0.2, 0) is 0 Å². The van der Waals surface area contributed by atoms with Crippen LogP contribution in [0.3, 0.4) is 0 Å². The fourth-order valence-electron chi connectivity index (χ4n) is 3.02. The fourth-order valence-corrected chi connectivity index (χ4v) is 3.02. The van der Waals surface area contributed by atoms with E-state index in [2.05, 4.69) is 26.2 Å². The van der Waals surface area contributed by atoms with Gasteiger partial charge in [-0.2, -0.15) is 5.26 Å². The minimum atomic E-state index is 0.198. The first-order valence-corrected chi connectivity index (χ1v) is 8.24. The van der Waals surface area contributed by atoms with Crippen LogP contribution in [0, 0.1) is 18.3 Å². The molecule has 1 atom stereocenters. The van der Waals surface area contributed by atoms with Gasteiger partial charge in [0.05, 0.1) is 11.5 Å². The van der Waals surface area contributed by atoms with Crippen molar-refractivity contribution < 1.29 is 4.42 Å². The molecule has 0 amide bonds. The first kappa shape index (κ1) is 15.3. The summed E-state index contributed by atoms with van der Waals surface area (Å²) < 4.78 is 5.90. The fraction of sp³-hybridized carbons (Fsp3) is 0.263. The highest BCUT2D eigenvalue weighted by Crippen LogP contribution is 2.30. The van der Waals surface area contributed by atoms with Gasteiger partial charge in [-0.1, -0.05) is 17.7 Å². The van der Waals surface area contributed by atoms with E-state index in [1.807, 2.05) is 37.3 Å². The molecule has 0 spiro atoms. The third-order valence-corrected chi connectivity index (χ3v) is 4.48. The lowest BCUT2D eigenvalue weighted by Gasteiger charge is -2.16. The average Bonchev–Trinajstić information content (AvgIpc) is 3.32. The lowest BCUT2D eigenvalue weighted by molar-refractivity contribution is 0.468. The minimum absolute atomic E-state index is 0.198. The van der Waals surface area contributed by atoms with Crippen LogP contribution in [0.15, 0.2) is 47.0 Å². The van der Waals surface area contributed by atoms with Gasteiger partial charge in [-0.15, -0.1) is 10.2 Å². The first-order chi connectivity index (χ1) is 12.2. The summed E-state index contributed by atoms with van der Waals surface area (Å²) >= 11 is 0. The molecule has 3 aromatic rings. The number of rotatable bonds is 3. The van der Waals surface area contributed by atoms with Crippen LogP contribution < -0.4 is 4.90 Å².